The summed E-state index contributed by atoms with van der Waals surface area (Å²) in [6.45, 7) is -0.188. The lowest BCUT2D eigenvalue weighted by Crippen LogP contribution is -2.20. The summed E-state index contributed by atoms with van der Waals surface area (Å²) in [6, 6.07) is 23.0. The van der Waals surface area contributed by atoms with E-state index in [4.69, 9.17) is 9.84 Å². The second kappa shape index (κ2) is 8.53. The normalized spacial score (nSPS) is 10.1. The van der Waals surface area contributed by atoms with Gasteiger partial charge >= 0.3 is 5.97 Å². The molecule has 3 aromatic rings. The Morgan fingerprint density at radius 3 is 2.30 bits per heavy atom. The molecule has 136 valence electrons. The van der Waals surface area contributed by atoms with Crippen LogP contribution >= 0.6 is 0 Å². The molecule has 0 bridgehead atoms. The maximum Gasteiger partial charge on any atom is 0.335 e. The molecule has 0 aromatic heterocycles. The molecule has 3 N–H and O–H groups in total. The molecular formula is C21H18N2O4. The highest BCUT2D eigenvalue weighted by atomic mass is 16.5. The Morgan fingerprint density at radius 2 is 1.52 bits per heavy atom. The number of carboxylic acids is 1. The number of benzene rings is 3. The molecule has 0 aliphatic heterocycles. The van der Waals surface area contributed by atoms with Crippen LogP contribution in [0.1, 0.15) is 10.4 Å². The van der Waals surface area contributed by atoms with Gasteiger partial charge in [-0.05, 0) is 42.5 Å². The summed E-state index contributed by atoms with van der Waals surface area (Å²) < 4.78 is 5.53. The summed E-state index contributed by atoms with van der Waals surface area (Å²) >= 11 is 0. The number of para-hydroxylation sites is 1. The zero-order valence-corrected chi connectivity index (χ0v) is 14.4. The summed E-state index contributed by atoms with van der Waals surface area (Å²) in [4.78, 5) is 23.0. The first-order chi connectivity index (χ1) is 13.1. The predicted octanol–water partition coefficient (Wildman–Crippen LogP) is 4.15. The second-order valence-corrected chi connectivity index (χ2v) is 5.74. The monoisotopic (exact) mass is 362 g/mol. The zero-order valence-electron chi connectivity index (χ0n) is 14.4. The van der Waals surface area contributed by atoms with Crippen molar-refractivity contribution in [3.63, 3.8) is 0 Å². The molecule has 6 heteroatoms. The Kier molecular flexibility index (Phi) is 5.69. The van der Waals surface area contributed by atoms with Crippen LogP contribution in [0.5, 0.6) is 5.75 Å². The van der Waals surface area contributed by atoms with Crippen molar-refractivity contribution in [2.24, 2.45) is 0 Å². The van der Waals surface area contributed by atoms with Gasteiger partial charge in [-0.3, -0.25) is 4.79 Å². The molecule has 27 heavy (non-hydrogen) atoms. The molecule has 1 amide bonds. The molecule has 0 aliphatic carbocycles. The van der Waals surface area contributed by atoms with Gasteiger partial charge in [-0.25, -0.2) is 4.79 Å². The van der Waals surface area contributed by atoms with Crippen molar-refractivity contribution < 1.29 is 19.4 Å². The van der Waals surface area contributed by atoms with Crippen molar-refractivity contribution in [2.45, 2.75) is 0 Å². The number of nitrogens with one attached hydrogen (secondary N) is 2. The number of anilines is 3. The van der Waals surface area contributed by atoms with Gasteiger partial charge < -0.3 is 20.5 Å². The van der Waals surface area contributed by atoms with Crippen molar-refractivity contribution >= 4 is 28.9 Å². The standard InChI is InChI=1S/C21H18N2O4/c24-20(23-17-9-4-6-15(12-17)21(25)26)14-27-19-11-5-10-18(13-19)22-16-7-2-1-3-8-16/h1-13,22H,14H2,(H,23,24)(H,25,26). The van der Waals surface area contributed by atoms with Gasteiger partial charge in [0.2, 0.25) is 0 Å². The fourth-order valence-electron chi connectivity index (χ4n) is 2.43. The number of rotatable bonds is 7. The Balaban J connectivity index is 1.56. The summed E-state index contributed by atoms with van der Waals surface area (Å²) in [5.74, 6) is -0.880. The Hall–Kier alpha value is -3.80. The number of carbonyl (C=O) groups is 2. The number of carbonyl (C=O) groups excluding carboxylic acids is 1. The van der Waals surface area contributed by atoms with Crippen molar-refractivity contribution in [2.75, 3.05) is 17.2 Å². The van der Waals surface area contributed by atoms with Gasteiger partial charge in [0.05, 0.1) is 5.56 Å². The highest BCUT2D eigenvalue weighted by molar-refractivity contribution is 5.94. The SMILES string of the molecule is O=C(COc1cccc(Nc2ccccc2)c1)Nc1cccc(C(=O)O)c1. The Morgan fingerprint density at radius 1 is 0.815 bits per heavy atom. The third kappa shape index (κ3) is 5.34. The molecule has 3 rings (SSSR count). The first kappa shape index (κ1) is 18.0. The van der Waals surface area contributed by atoms with Crippen molar-refractivity contribution in [3.05, 3.63) is 84.4 Å². The maximum absolute atomic E-state index is 12.0. The van der Waals surface area contributed by atoms with Crippen LogP contribution in [-0.2, 0) is 4.79 Å². The number of hydrogen-bond donors (Lipinski definition) is 3. The van der Waals surface area contributed by atoms with E-state index in [1.54, 1.807) is 24.3 Å². The van der Waals surface area contributed by atoms with E-state index in [1.165, 1.54) is 12.1 Å². The van der Waals surface area contributed by atoms with Crippen molar-refractivity contribution in [1.82, 2.24) is 0 Å². The molecule has 6 nitrogen and oxygen atoms in total. The van der Waals surface area contributed by atoms with Gasteiger partial charge in [0.15, 0.2) is 6.61 Å². The molecule has 0 aliphatic rings. The fraction of sp³-hybridized carbons (Fsp3) is 0.0476. The summed E-state index contributed by atoms with van der Waals surface area (Å²) in [6.07, 6.45) is 0. The summed E-state index contributed by atoms with van der Waals surface area (Å²) in [7, 11) is 0. The van der Waals surface area contributed by atoms with E-state index in [-0.39, 0.29) is 18.1 Å². The molecule has 0 radical (unpaired) electrons. The average Bonchev–Trinajstić information content (AvgIpc) is 2.68. The van der Waals surface area contributed by atoms with E-state index in [0.29, 0.717) is 11.4 Å². The molecule has 0 heterocycles. The molecule has 0 fully saturated rings. The van der Waals surface area contributed by atoms with Gasteiger partial charge in [0, 0.05) is 23.1 Å². The predicted molar refractivity (Wildman–Crippen MR) is 104 cm³/mol. The lowest BCUT2D eigenvalue weighted by Gasteiger charge is -2.10. The van der Waals surface area contributed by atoms with Gasteiger partial charge in [0.25, 0.3) is 5.91 Å². The number of carboxylic acid groups (broad SMARTS) is 1. The first-order valence-electron chi connectivity index (χ1n) is 8.28. The molecular weight excluding hydrogens is 344 g/mol. The molecule has 0 spiro atoms. The number of amides is 1. The molecule has 0 saturated carbocycles. The van der Waals surface area contributed by atoms with Crippen LogP contribution in [0.15, 0.2) is 78.9 Å². The Labute approximate surface area is 156 Å². The van der Waals surface area contributed by atoms with Crippen molar-refractivity contribution in [1.29, 1.82) is 0 Å². The van der Waals surface area contributed by atoms with Gasteiger partial charge in [-0.2, -0.15) is 0 Å². The van der Waals surface area contributed by atoms with Gasteiger partial charge in [0.1, 0.15) is 5.75 Å². The number of hydrogen-bond acceptors (Lipinski definition) is 4. The molecule has 0 saturated heterocycles. The van der Waals surface area contributed by atoms with Crippen LogP contribution in [0.4, 0.5) is 17.1 Å². The third-order valence-corrected chi connectivity index (χ3v) is 3.66. The van der Waals surface area contributed by atoms with E-state index in [1.807, 2.05) is 42.5 Å². The van der Waals surface area contributed by atoms with E-state index >= 15 is 0 Å². The topological polar surface area (TPSA) is 87.7 Å². The fourth-order valence-corrected chi connectivity index (χ4v) is 2.43. The largest absolute Gasteiger partial charge is 0.484 e. The summed E-state index contributed by atoms with van der Waals surface area (Å²) in [5, 5.41) is 14.9. The second-order valence-electron chi connectivity index (χ2n) is 5.74. The van der Waals surface area contributed by atoms with Crippen LogP contribution in [0.25, 0.3) is 0 Å². The van der Waals surface area contributed by atoms with E-state index in [2.05, 4.69) is 10.6 Å². The third-order valence-electron chi connectivity index (χ3n) is 3.66. The lowest BCUT2D eigenvalue weighted by molar-refractivity contribution is -0.118. The number of aromatic carboxylic acids is 1. The lowest BCUT2D eigenvalue weighted by atomic mass is 10.2. The minimum atomic E-state index is -1.05. The highest BCUT2D eigenvalue weighted by Gasteiger charge is 2.07. The van der Waals surface area contributed by atoms with Crippen molar-refractivity contribution in [3.8, 4) is 5.75 Å². The minimum Gasteiger partial charge on any atom is -0.484 e. The Bertz CT molecular complexity index is 942. The zero-order chi connectivity index (χ0) is 19.1. The van der Waals surface area contributed by atoms with Crippen LogP contribution in [0.2, 0.25) is 0 Å². The van der Waals surface area contributed by atoms with Crippen LogP contribution < -0.4 is 15.4 Å². The molecule has 0 unspecified atom stereocenters. The average molecular weight is 362 g/mol. The highest BCUT2D eigenvalue weighted by Crippen LogP contribution is 2.21. The van der Waals surface area contributed by atoms with E-state index in [9.17, 15) is 9.59 Å². The summed E-state index contributed by atoms with van der Waals surface area (Å²) in [5.41, 5.74) is 2.30. The van der Waals surface area contributed by atoms with Gasteiger partial charge in [-0.1, -0.05) is 30.3 Å². The number of ether oxygens (including phenoxy) is 1. The van der Waals surface area contributed by atoms with E-state index in [0.717, 1.165) is 11.4 Å². The first-order valence-corrected chi connectivity index (χ1v) is 8.28. The van der Waals surface area contributed by atoms with Crippen LogP contribution in [-0.4, -0.2) is 23.6 Å². The van der Waals surface area contributed by atoms with Gasteiger partial charge in [-0.15, -0.1) is 0 Å². The molecule has 0 atom stereocenters. The van der Waals surface area contributed by atoms with Crippen LogP contribution in [0.3, 0.4) is 0 Å². The van der Waals surface area contributed by atoms with Crippen LogP contribution in [0, 0.1) is 0 Å². The minimum absolute atomic E-state index is 0.105. The smallest absolute Gasteiger partial charge is 0.335 e. The molecule has 3 aromatic carbocycles. The van der Waals surface area contributed by atoms with E-state index < -0.39 is 5.97 Å². The maximum atomic E-state index is 12.0. The quantitative estimate of drug-likeness (QED) is 0.588.